The van der Waals surface area contributed by atoms with Crippen LogP contribution in [0.3, 0.4) is 0 Å². The third-order valence-electron chi connectivity index (χ3n) is 4.43. The molecule has 0 atom stereocenters. The highest BCUT2D eigenvalue weighted by Gasteiger charge is 2.28. The quantitative estimate of drug-likeness (QED) is 0.501. The van der Waals surface area contributed by atoms with Crippen molar-refractivity contribution in [1.29, 1.82) is 0 Å². The Bertz CT molecular complexity index is 1270. The van der Waals surface area contributed by atoms with E-state index in [4.69, 9.17) is 21.1 Å². The number of halogens is 1. The van der Waals surface area contributed by atoms with Crippen molar-refractivity contribution in [2.75, 3.05) is 18.5 Å². The lowest BCUT2D eigenvalue weighted by Gasteiger charge is -2.09. The smallest absolute Gasteiger partial charge is 0.348 e. The van der Waals surface area contributed by atoms with Crippen LogP contribution in [-0.4, -0.2) is 40.8 Å². The Morgan fingerprint density at radius 1 is 1.06 bits per heavy atom. The van der Waals surface area contributed by atoms with Crippen LogP contribution in [0.1, 0.15) is 49.9 Å². The summed E-state index contributed by atoms with van der Waals surface area (Å²) < 4.78 is 11.5. The first-order chi connectivity index (χ1) is 15.8. The van der Waals surface area contributed by atoms with Crippen LogP contribution in [0.5, 0.6) is 0 Å². The lowest BCUT2D eigenvalue weighted by Crippen LogP contribution is -2.25. The first-order valence-electron chi connectivity index (χ1n) is 9.91. The maximum atomic E-state index is 13.0. The van der Waals surface area contributed by atoms with Gasteiger partial charge in [-0.15, -0.1) is 11.3 Å². The van der Waals surface area contributed by atoms with E-state index in [0.717, 1.165) is 11.3 Å². The van der Waals surface area contributed by atoms with E-state index in [1.807, 2.05) is 0 Å². The second kappa shape index (κ2) is 10.4. The third kappa shape index (κ3) is 5.29. The zero-order chi connectivity index (χ0) is 24.1. The Labute approximate surface area is 197 Å². The van der Waals surface area contributed by atoms with Crippen molar-refractivity contribution in [2.45, 2.75) is 20.8 Å². The van der Waals surface area contributed by atoms with Gasteiger partial charge in [-0.2, -0.15) is 5.10 Å². The number of carbonyl (C=O) groups excluding carboxylic acids is 3. The fourth-order valence-corrected chi connectivity index (χ4v) is 4.12. The van der Waals surface area contributed by atoms with Crippen LogP contribution < -0.4 is 10.7 Å². The summed E-state index contributed by atoms with van der Waals surface area (Å²) in [4.78, 5) is 50.3. The number of amides is 1. The summed E-state index contributed by atoms with van der Waals surface area (Å²) in [6, 6.07) is 7.84. The van der Waals surface area contributed by atoms with Gasteiger partial charge in [-0.1, -0.05) is 11.6 Å². The number of nitrogens with zero attached hydrogens (tertiary/aromatic N) is 2. The number of carbonyl (C=O) groups is 3. The summed E-state index contributed by atoms with van der Waals surface area (Å²) in [5.74, 6) is -2.18. The van der Waals surface area contributed by atoms with Crippen molar-refractivity contribution < 1.29 is 23.9 Å². The Balaban J connectivity index is 2.00. The minimum atomic E-state index is -0.842. The Morgan fingerprint density at radius 3 is 2.33 bits per heavy atom. The summed E-state index contributed by atoms with van der Waals surface area (Å²) in [6.07, 6.45) is 1.42. The number of benzene rings is 1. The van der Waals surface area contributed by atoms with Crippen molar-refractivity contribution in [1.82, 2.24) is 9.78 Å². The molecule has 11 heteroatoms. The third-order valence-corrected chi connectivity index (χ3v) is 5.87. The molecule has 1 amide bonds. The van der Waals surface area contributed by atoms with Gasteiger partial charge in [0.15, 0.2) is 5.69 Å². The van der Waals surface area contributed by atoms with Gasteiger partial charge in [0.25, 0.3) is 5.91 Å². The summed E-state index contributed by atoms with van der Waals surface area (Å²) in [6.45, 7) is 5.09. The molecule has 1 aromatic carbocycles. The van der Waals surface area contributed by atoms with Gasteiger partial charge in [-0.25, -0.2) is 14.3 Å². The monoisotopic (exact) mass is 489 g/mol. The number of anilines is 1. The number of aromatic nitrogens is 2. The van der Waals surface area contributed by atoms with Gasteiger partial charge in [0.1, 0.15) is 9.88 Å². The van der Waals surface area contributed by atoms with Crippen molar-refractivity contribution in [3.8, 4) is 5.69 Å². The van der Waals surface area contributed by atoms with Crippen molar-refractivity contribution in [2.24, 2.45) is 0 Å². The Hall–Kier alpha value is -3.50. The highest BCUT2D eigenvalue weighted by Crippen LogP contribution is 2.34. The largest absolute Gasteiger partial charge is 0.462 e. The fourth-order valence-electron chi connectivity index (χ4n) is 2.91. The van der Waals surface area contributed by atoms with Gasteiger partial charge in [-0.3, -0.25) is 9.59 Å². The summed E-state index contributed by atoms with van der Waals surface area (Å²) >= 11 is 6.76. The van der Waals surface area contributed by atoms with Crippen molar-refractivity contribution >= 4 is 45.8 Å². The van der Waals surface area contributed by atoms with E-state index >= 15 is 0 Å². The molecular weight excluding hydrogens is 470 g/mol. The summed E-state index contributed by atoms with van der Waals surface area (Å²) in [5.41, 5.74) is -0.100. The van der Waals surface area contributed by atoms with E-state index < -0.39 is 29.0 Å². The van der Waals surface area contributed by atoms with Gasteiger partial charge in [0.05, 0.1) is 24.5 Å². The molecule has 0 unspecified atom stereocenters. The number of hydrogen-bond acceptors (Lipinski definition) is 8. The zero-order valence-corrected chi connectivity index (χ0v) is 19.6. The SMILES string of the molecule is CCOC(=O)c1sc(NC(=O)c2nn(-c3ccc(Cl)cc3)ccc2=O)c(C(=O)OCC)c1C. The topological polar surface area (TPSA) is 117 Å². The molecule has 172 valence electrons. The highest BCUT2D eigenvalue weighted by molar-refractivity contribution is 7.18. The number of ether oxygens (including phenoxy) is 2. The lowest BCUT2D eigenvalue weighted by atomic mass is 10.1. The maximum absolute atomic E-state index is 13.0. The molecule has 0 bridgehead atoms. The summed E-state index contributed by atoms with van der Waals surface area (Å²) in [5, 5.41) is 7.23. The van der Waals surface area contributed by atoms with Crippen LogP contribution in [0, 0.1) is 6.92 Å². The molecular formula is C22H20ClN3O6S. The van der Waals surface area contributed by atoms with E-state index in [1.165, 1.54) is 16.9 Å². The molecule has 3 rings (SSSR count). The molecule has 0 aliphatic carbocycles. The second-order valence-electron chi connectivity index (χ2n) is 6.60. The second-order valence-corrected chi connectivity index (χ2v) is 8.06. The van der Waals surface area contributed by atoms with Crippen molar-refractivity contribution in [3.05, 3.63) is 73.5 Å². The Kier molecular flexibility index (Phi) is 7.62. The molecule has 33 heavy (non-hydrogen) atoms. The average molecular weight is 490 g/mol. The average Bonchev–Trinajstić information content (AvgIpc) is 3.10. The molecule has 2 aromatic heterocycles. The maximum Gasteiger partial charge on any atom is 0.348 e. The molecule has 1 N–H and O–H groups in total. The zero-order valence-electron chi connectivity index (χ0n) is 18.0. The molecule has 0 saturated carbocycles. The molecule has 3 aromatic rings. The van der Waals surface area contributed by atoms with E-state index in [9.17, 15) is 19.2 Å². The van der Waals surface area contributed by atoms with E-state index in [1.54, 1.807) is 45.0 Å². The number of nitrogens with one attached hydrogen (secondary N) is 1. The van der Waals surface area contributed by atoms with Gasteiger partial charge >= 0.3 is 11.9 Å². The predicted octanol–water partition coefficient (Wildman–Crippen LogP) is 3.86. The predicted molar refractivity (Wildman–Crippen MR) is 124 cm³/mol. The number of rotatable bonds is 7. The molecule has 0 aliphatic heterocycles. The number of hydrogen-bond donors (Lipinski definition) is 1. The molecule has 0 radical (unpaired) electrons. The number of thiophene rings is 1. The van der Waals surface area contributed by atoms with E-state index in [2.05, 4.69) is 10.4 Å². The lowest BCUT2D eigenvalue weighted by molar-refractivity contribution is 0.0527. The van der Waals surface area contributed by atoms with E-state index in [0.29, 0.717) is 16.3 Å². The molecule has 0 fully saturated rings. The molecule has 0 aliphatic rings. The minimum absolute atomic E-state index is 0.0206. The minimum Gasteiger partial charge on any atom is -0.462 e. The molecule has 0 saturated heterocycles. The molecule has 2 heterocycles. The normalized spacial score (nSPS) is 10.5. The number of esters is 2. The highest BCUT2D eigenvalue weighted by atomic mass is 35.5. The van der Waals surface area contributed by atoms with Crippen LogP contribution in [0.15, 0.2) is 41.3 Å². The first kappa shape index (κ1) is 24.1. The Morgan fingerprint density at radius 2 is 1.70 bits per heavy atom. The van der Waals surface area contributed by atoms with Crippen LogP contribution in [0.4, 0.5) is 5.00 Å². The van der Waals surface area contributed by atoms with Crippen LogP contribution in [0.25, 0.3) is 5.69 Å². The van der Waals surface area contributed by atoms with Crippen LogP contribution >= 0.6 is 22.9 Å². The van der Waals surface area contributed by atoms with Gasteiger partial charge in [0.2, 0.25) is 5.43 Å². The first-order valence-corrected chi connectivity index (χ1v) is 11.1. The van der Waals surface area contributed by atoms with Crippen LogP contribution in [-0.2, 0) is 9.47 Å². The summed E-state index contributed by atoms with van der Waals surface area (Å²) in [7, 11) is 0. The fraction of sp³-hybridized carbons (Fsp3) is 0.227. The van der Waals surface area contributed by atoms with E-state index in [-0.39, 0.29) is 28.7 Å². The van der Waals surface area contributed by atoms with Gasteiger partial charge in [-0.05, 0) is 50.6 Å². The van der Waals surface area contributed by atoms with Gasteiger partial charge < -0.3 is 14.8 Å². The molecule has 9 nitrogen and oxygen atoms in total. The van der Waals surface area contributed by atoms with Crippen LogP contribution in [0.2, 0.25) is 5.02 Å². The van der Waals surface area contributed by atoms with Crippen molar-refractivity contribution in [3.63, 3.8) is 0 Å². The molecule has 0 spiro atoms. The standard InChI is InChI=1S/C22H20ClN3O6S/c1-4-31-21(29)16-12(3)18(22(30)32-5-2)33-20(16)24-19(28)17-15(27)10-11-26(25-17)14-8-6-13(23)7-9-14/h6-11H,4-5H2,1-3H3,(H,24,28). The van der Waals surface area contributed by atoms with Gasteiger partial charge in [0, 0.05) is 17.3 Å².